The van der Waals surface area contributed by atoms with E-state index in [2.05, 4.69) is 10.2 Å². The van der Waals surface area contributed by atoms with Gasteiger partial charge < -0.3 is 4.90 Å². The van der Waals surface area contributed by atoms with Gasteiger partial charge in [0.05, 0.1) is 17.9 Å². The lowest BCUT2D eigenvalue weighted by Gasteiger charge is -2.22. The van der Waals surface area contributed by atoms with Gasteiger partial charge in [-0.25, -0.2) is 8.42 Å². The lowest BCUT2D eigenvalue weighted by atomic mass is 10.3. The quantitative estimate of drug-likeness (QED) is 0.892. The number of likely N-dealkylation sites (N-methyl/N-ethyl adjacent to an activating group) is 2. The zero-order chi connectivity index (χ0) is 17.2. The van der Waals surface area contributed by atoms with Crippen LogP contribution in [0.2, 0.25) is 0 Å². The molecule has 0 atom stereocenters. The van der Waals surface area contributed by atoms with Crippen LogP contribution in [0.15, 0.2) is 35.2 Å². The summed E-state index contributed by atoms with van der Waals surface area (Å²) in [6, 6.07) is 9.06. The molecule has 0 aliphatic carbocycles. The fourth-order valence-electron chi connectivity index (χ4n) is 2.25. The molecule has 1 N–H and O–H groups in total. The first kappa shape index (κ1) is 17.2. The summed E-state index contributed by atoms with van der Waals surface area (Å²) in [5.74, 6) is -0.318. The number of sulfonamides is 1. The van der Waals surface area contributed by atoms with Crippen LogP contribution in [0.3, 0.4) is 0 Å². The number of para-hydroxylation sites is 1. The highest BCUT2D eigenvalue weighted by Gasteiger charge is 2.29. The molecule has 0 radical (unpaired) electrons. The van der Waals surface area contributed by atoms with Gasteiger partial charge in [-0.05, 0) is 26.0 Å². The highest BCUT2D eigenvalue weighted by atomic mass is 32.2. The smallest absolute Gasteiger partial charge is 0.246 e. The maximum absolute atomic E-state index is 12.6. The lowest BCUT2D eigenvalue weighted by molar-refractivity contribution is -0.118. The number of carbonyl (C=O) groups is 1. The van der Waals surface area contributed by atoms with Gasteiger partial charge in [-0.1, -0.05) is 18.2 Å². The number of aromatic nitrogens is 2. The van der Waals surface area contributed by atoms with Crippen LogP contribution >= 0.6 is 0 Å². The van der Waals surface area contributed by atoms with Crippen LogP contribution in [0.4, 0.5) is 5.69 Å². The van der Waals surface area contributed by atoms with E-state index in [0.29, 0.717) is 17.1 Å². The largest absolute Gasteiger partial charge is 0.314 e. The van der Waals surface area contributed by atoms with Crippen LogP contribution < -0.4 is 4.90 Å². The van der Waals surface area contributed by atoms with Crippen LogP contribution in [0.25, 0.3) is 0 Å². The summed E-state index contributed by atoms with van der Waals surface area (Å²) in [4.78, 5) is 13.9. The second kappa shape index (κ2) is 6.51. The molecular weight excluding hydrogens is 316 g/mol. The maximum Gasteiger partial charge on any atom is 0.246 e. The number of benzene rings is 1. The minimum atomic E-state index is -3.78. The topological polar surface area (TPSA) is 86.4 Å². The summed E-state index contributed by atoms with van der Waals surface area (Å²) >= 11 is 0. The number of hydrogen-bond acceptors (Lipinski definition) is 4. The van der Waals surface area contributed by atoms with Gasteiger partial charge in [0.25, 0.3) is 0 Å². The van der Waals surface area contributed by atoms with Crippen molar-refractivity contribution >= 4 is 21.6 Å². The number of amides is 1. The van der Waals surface area contributed by atoms with Crippen molar-refractivity contribution < 1.29 is 13.2 Å². The van der Waals surface area contributed by atoms with E-state index >= 15 is 0 Å². The zero-order valence-corrected chi connectivity index (χ0v) is 14.4. The summed E-state index contributed by atoms with van der Waals surface area (Å²) in [6.07, 6.45) is 0. The molecule has 2 rings (SSSR count). The van der Waals surface area contributed by atoms with Crippen molar-refractivity contribution in [1.82, 2.24) is 14.5 Å². The van der Waals surface area contributed by atoms with Crippen molar-refractivity contribution in [3.63, 3.8) is 0 Å². The summed E-state index contributed by atoms with van der Waals surface area (Å²) in [5.41, 5.74) is 1.55. The van der Waals surface area contributed by atoms with Crippen molar-refractivity contribution in [3.8, 4) is 0 Å². The van der Waals surface area contributed by atoms with Crippen molar-refractivity contribution in [3.05, 3.63) is 41.7 Å². The van der Waals surface area contributed by atoms with Gasteiger partial charge in [0.15, 0.2) is 0 Å². The van der Waals surface area contributed by atoms with E-state index in [-0.39, 0.29) is 17.3 Å². The Labute approximate surface area is 136 Å². The molecule has 23 heavy (non-hydrogen) atoms. The van der Waals surface area contributed by atoms with Gasteiger partial charge >= 0.3 is 0 Å². The SMILES string of the molecule is Cc1n[nH]c(C)c1S(=O)(=O)N(C)CC(=O)N(C)c1ccccc1. The first-order chi connectivity index (χ1) is 10.7. The molecule has 7 nitrogen and oxygen atoms in total. The molecule has 1 aromatic heterocycles. The highest BCUT2D eigenvalue weighted by molar-refractivity contribution is 7.89. The molecule has 0 saturated carbocycles. The molecule has 0 unspecified atom stereocenters. The minimum Gasteiger partial charge on any atom is -0.314 e. The van der Waals surface area contributed by atoms with E-state index in [1.165, 1.54) is 11.9 Å². The minimum absolute atomic E-state index is 0.121. The molecule has 0 aliphatic heterocycles. The number of H-pyrrole nitrogens is 1. The first-order valence-corrected chi connectivity index (χ1v) is 8.48. The maximum atomic E-state index is 12.6. The molecule has 1 amide bonds. The predicted molar refractivity (Wildman–Crippen MR) is 87.7 cm³/mol. The van der Waals surface area contributed by atoms with Gasteiger partial charge in [-0.3, -0.25) is 9.89 Å². The number of hydrogen-bond donors (Lipinski definition) is 1. The van der Waals surface area contributed by atoms with Crippen LogP contribution in [0.1, 0.15) is 11.4 Å². The Hall–Kier alpha value is -2.19. The van der Waals surface area contributed by atoms with E-state index in [1.54, 1.807) is 33.0 Å². The highest BCUT2D eigenvalue weighted by Crippen LogP contribution is 2.21. The third-order valence-electron chi connectivity index (χ3n) is 3.60. The summed E-state index contributed by atoms with van der Waals surface area (Å²) in [5, 5.41) is 6.55. The summed E-state index contributed by atoms with van der Waals surface area (Å²) in [7, 11) is -0.771. The van der Waals surface area contributed by atoms with Gasteiger partial charge in [0.1, 0.15) is 4.90 Å². The third-order valence-corrected chi connectivity index (χ3v) is 5.67. The van der Waals surface area contributed by atoms with Crippen LogP contribution in [-0.4, -0.2) is 49.5 Å². The van der Waals surface area contributed by atoms with Gasteiger partial charge in [-0.15, -0.1) is 0 Å². The number of aryl methyl sites for hydroxylation is 2. The van der Waals surface area contributed by atoms with E-state index in [1.807, 2.05) is 18.2 Å². The number of carbonyl (C=O) groups excluding carboxylic acids is 1. The molecule has 0 saturated heterocycles. The van der Waals surface area contributed by atoms with E-state index in [4.69, 9.17) is 0 Å². The van der Waals surface area contributed by atoms with Crippen molar-refractivity contribution in [1.29, 1.82) is 0 Å². The van der Waals surface area contributed by atoms with Gasteiger partial charge in [0, 0.05) is 19.8 Å². The number of rotatable bonds is 5. The molecule has 1 aromatic carbocycles. The van der Waals surface area contributed by atoms with Crippen molar-refractivity contribution in [2.45, 2.75) is 18.7 Å². The van der Waals surface area contributed by atoms with E-state index in [0.717, 1.165) is 4.31 Å². The molecule has 124 valence electrons. The Balaban J connectivity index is 2.18. The Kier molecular flexibility index (Phi) is 4.86. The molecule has 2 aromatic rings. The Morgan fingerprint density at radius 2 is 1.78 bits per heavy atom. The van der Waals surface area contributed by atoms with Crippen molar-refractivity contribution in [2.24, 2.45) is 0 Å². The lowest BCUT2D eigenvalue weighted by Crippen LogP contribution is -2.39. The number of nitrogens with zero attached hydrogens (tertiary/aromatic N) is 3. The fraction of sp³-hybridized carbons (Fsp3) is 0.333. The third kappa shape index (κ3) is 3.43. The second-order valence-corrected chi connectivity index (χ2v) is 7.29. The predicted octanol–water partition coefficient (Wildman–Crippen LogP) is 1.31. The van der Waals surface area contributed by atoms with E-state index < -0.39 is 10.0 Å². The molecule has 8 heteroatoms. The number of aromatic amines is 1. The fourth-order valence-corrected chi connectivity index (χ4v) is 3.70. The first-order valence-electron chi connectivity index (χ1n) is 7.04. The summed E-state index contributed by atoms with van der Waals surface area (Å²) < 4.78 is 26.3. The molecule has 0 aliphatic rings. The molecular formula is C15H20N4O3S. The van der Waals surface area contributed by atoms with Gasteiger partial charge in [-0.2, -0.15) is 9.40 Å². The van der Waals surface area contributed by atoms with Crippen molar-refractivity contribution in [2.75, 3.05) is 25.5 Å². The standard InChI is InChI=1S/C15H20N4O3S/c1-11-15(12(2)17-16-11)23(21,22)18(3)10-14(20)19(4)13-8-6-5-7-9-13/h5-9H,10H2,1-4H3,(H,16,17). The van der Waals surface area contributed by atoms with Crippen LogP contribution in [0.5, 0.6) is 0 Å². The van der Waals surface area contributed by atoms with Gasteiger partial charge in [0.2, 0.25) is 15.9 Å². The molecule has 0 fully saturated rings. The molecule has 0 spiro atoms. The Morgan fingerprint density at radius 3 is 2.30 bits per heavy atom. The normalized spacial score (nSPS) is 11.7. The monoisotopic (exact) mass is 336 g/mol. The average Bonchev–Trinajstić information content (AvgIpc) is 2.86. The number of nitrogens with one attached hydrogen (secondary N) is 1. The number of anilines is 1. The Morgan fingerprint density at radius 1 is 1.17 bits per heavy atom. The van der Waals surface area contributed by atoms with E-state index in [9.17, 15) is 13.2 Å². The van der Waals surface area contributed by atoms with Crippen LogP contribution in [-0.2, 0) is 14.8 Å². The average molecular weight is 336 g/mol. The summed E-state index contributed by atoms with van der Waals surface area (Å²) in [6.45, 7) is 3.00. The zero-order valence-electron chi connectivity index (χ0n) is 13.6. The Bertz CT molecular complexity index is 780. The molecule has 0 bridgehead atoms. The second-order valence-electron chi connectivity index (χ2n) is 5.31. The molecule has 1 heterocycles. The van der Waals surface area contributed by atoms with Crippen LogP contribution in [0, 0.1) is 13.8 Å².